The molecule has 0 aliphatic heterocycles. The van der Waals surface area contributed by atoms with Gasteiger partial charge in [-0.1, -0.05) is 30.3 Å². The van der Waals surface area contributed by atoms with Gasteiger partial charge in [-0.05, 0) is 30.3 Å². The molecule has 1 heterocycles. The van der Waals surface area contributed by atoms with Gasteiger partial charge in [0.2, 0.25) is 6.41 Å². The monoisotopic (exact) mass is 410 g/mol. The van der Waals surface area contributed by atoms with Crippen LogP contribution < -0.4 is 10.1 Å². The van der Waals surface area contributed by atoms with E-state index in [2.05, 4.69) is 10.4 Å². The van der Waals surface area contributed by atoms with Gasteiger partial charge in [-0.2, -0.15) is 31.2 Å². The molecule has 2 aromatic carbocycles. The summed E-state index contributed by atoms with van der Waals surface area (Å²) < 4.78 is 64.3. The van der Waals surface area contributed by atoms with Gasteiger partial charge in [-0.3, -0.25) is 4.79 Å². The standard InChI is InChI=1S/C17H13F3N4O3S/c18-17(19,20)16-10-15(12-6-8-13(9-7-12)21-11-25)24(22-16)23-28(26,27)14-4-2-1-3-5-14/h1-11,23H,(H,21,25). The van der Waals surface area contributed by atoms with Crippen LogP contribution in [0.4, 0.5) is 18.9 Å². The Morgan fingerprint density at radius 1 is 1.00 bits per heavy atom. The van der Waals surface area contributed by atoms with Crippen molar-refractivity contribution in [2.24, 2.45) is 0 Å². The van der Waals surface area contributed by atoms with E-state index in [4.69, 9.17) is 0 Å². The number of halogens is 3. The van der Waals surface area contributed by atoms with Crippen LogP contribution in [0.15, 0.2) is 65.6 Å². The zero-order valence-corrected chi connectivity index (χ0v) is 14.8. The van der Waals surface area contributed by atoms with Gasteiger partial charge in [0.1, 0.15) is 0 Å². The molecule has 11 heteroatoms. The third-order valence-corrected chi connectivity index (χ3v) is 4.97. The predicted molar refractivity (Wildman–Crippen MR) is 95.3 cm³/mol. The molecule has 0 saturated carbocycles. The smallest absolute Gasteiger partial charge is 0.329 e. The van der Waals surface area contributed by atoms with Crippen molar-refractivity contribution in [3.8, 4) is 11.3 Å². The van der Waals surface area contributed by atoms with E-state index in [-0.39, 0.29) is 16.2 Å². The summed E-state index contributed by atoms with van der Waals surface area (Å²) in [5.41, 5.74) is -0.696. The first-order valence-corrected chi connectivity index (χ1v) is 9.25. The highest BCUT2D eigenvalue weighted by molar-refractivity contribution is 7.92. The molecule has 0 bridgehead atoms. The Hall–Kier alpha value is -3.34. The highest BCUT2D eigenvalue weighted by Gasteiger charge is 2.35. The summed E-state index contributed by atoms with van der Waals surface area (Å²) >= 11 is 0. The van der Waals surface area contributed by atoms with E-state index in [1.165, 1.54) is 48.5 Å². The molecule has 0 aliphatic rings. The Balaban J connectivity index is 2.05. The largest absolute Gasteiger partial charge is 0.435 e. The second-order valence-corrected chi connectivity index (χ2v) is 7.23. The Bertz CT molecular complexity index is 1080. The van der Waals surface area contributed by atoms with E-state index in [1.807, 2.05) is 4.83 Å². The predicted octanol–water partition coefficient (Wildman–Crippen LogP) is 3.07. The van der Waals surface area contributed by atoms with Crippen molar-refractivity contribution in [1.82, 2.24) is 9.89 Å². The van der Waals surface area contributed by atoms with Crippen LogP contribution in [0.2, 0.25) is 0 Å². The van der Waals surface area contributed by atoms with Crippen molar-refractivity contribution in [2.75, 3.05) is 10.1 Å². The minimum atomic E-state index is -4.77. The maximum Gasteiger partial charge on any atom is 0.435 e. The molecule has 0 fully saturated rings. The number of amides is 1. The highest BCUT2D eigenvalue weighted by Crippen LogP contribution is 2.32. The third-order valence-electron chi connectivity index (χ3n) is 3.67. The quantitative estimate of drug-likeness (QED) is 0.611. The molecule has 0 radical (unpaired) electrons. The second kappa shape index (κ2) is 7.35. The average molecular weight is 410 g/mol. The van der Waals surface area contributed by atoms with E-state index >= 15 is 0 Å². The number of anilines is 1. The lowest BCUT2D eigenvalue weighted by Crippen LogP contribution is -2.25. The molecule has 1 amide bonds. The highest BCUT2D eigenvalue weighted by atomic mass is 32.2. The summed E-state index contributed by atoms with van der Waals surface area (Å²) in [5.74, 6) is 0. The Morgan fingerprint density at radius 2 is 1.64 bits per heavy atom. The lowest BCUT2D eigenvalue weighted by atomic mass is 10.1. The molecule has 146 valence electrons. The molecular formula is C17H13F3N4O3S. The topological polar surface area (TPSA) is 93.1 Å². The first kappa shape index (κ1) is 19.4. The van der Waals surface area contributed by atoms with Gasteiger partial charge in [0.05, 0.1) is 10.6 Å². The van der Waals surface area contributed by atoms with Crippen molar-refractivity contribution >= 4 is 22.1 Å². The lowest BCUT2D eigenvalue weighted by molar-refractivity contribution is -0.141. The molecule has 1 aromatic heterocycles. The van der Waals surface area contributed by atoms with Crippen LogP contribution in [0.3, 0.4) is 0 Å². The molecule has 7 nitrogen and oxygen atoms in total. The summed E-state index contributed by atoms with van der Waals surface area (Å²) in [6.07, 6.45) is -4.31. The maximum atomic E-state index is 13.1. The van der Waals surface area contributed by atoms with Crippen LogP contribution in [0, 0.1) is 0 Å². The van der Waals surface area contributed by atoms with E-state index in [1.54, 1.807) is 6.07 Å². The molecule has 3 aromatic rings. The number of nitrogens with one attached hydrogen (secondary N) is 2. The summed E-state index contributed by atoms with van der Waals surface area (Å²) in [6.45, 7) is 0. The van der Waals surface area contributed by atoms with Crippen LogP contribution in [0.1, 0.15) is 5.69 Å². The van der Waals surface area contributed by atoms with Crippen molar-refractivity contribution in [3.63, 3.8) is 0 Å². The normalized spacial score (nSPS) is 11.8. The van der Waals surface area contributed by atoms with E-state index < -0.39 is 21.9 Å². The van der Waals surface area contributed by atoms with Gasteiger partial charge in [0, 0.05) is 11.3 Å². The number of alkyl halides is 3. The molecule has 3 rings (SSSR count). The number of aromatic nitrogens is 2. The third kappa shape index (κ3) is 4.14. The van der Waals surface area contributed by atoms with Gasteiger partial charge in [-0.15, -0.1) is 5.10 Å². The van der Waals surface area contributed by atoms with Gasteiger partial charge >= 0.3 is 6.18 Å². The molecule has 0 spiro atoms. The maximum absolute atomic E-state index is 13.1. The lowest BCUT2D eigenvalue weighted by Gasteiger charge is -2.11. The Morgan fingerprint density at radius 3 is 2.21 bits per heavy atom. The fraction of sp³-hybridized carbons (Fsp3) is 0.0588. The molecule has 28 heavy (non-hydrogen) atoms. The van der Waals surface area contributed by atoms with E-state index in [9.17, 15) is 26.4 Å². The molecule has 0 unspecified atom stereocenters. The van der Waals surface area contributed by atoms with Gasteiger partial charge in [-0.25, -0.2) is 0 Å². The van der Waals surface area contributed by atoms with Gasteiger partial charge < -0.3 is 5.32 Å². The minimum Gasteiger partial charge on any atom is -0.329 e. The number of carbonyl (C=O) groups is 1. The van der Waals surface area contributed by atoms with E-state index in [0.29, 0.717) is 16.9 Å². The van der Waals surface area contributed by atoms with Crippen LogP contribution in [0.25, 0.3) is 11.3 Å². The number of rotatable bonds is 6. The Kier molecular flexibility index (Phi) is 5.10. The number of hydrogen-bond donors (Lipinski definition) is 2. The van der Waals surface area contributed by atoms with Crippen LogP contribution in [-0.4, -0.2) is 24.7 Å². The minimum absolute atomic E-state index is 0.121. The molecule has 0 saturated heterocycles. The van der Waals surface area contributed by atoms with Crippen molar-refractivity contribution in [3.05, 3.63) is 66.4 Å². The summed E-state index contributed by atoms with van der Waals surface area (Å²) in [5, 5.41) is 5.75. The van der Waals surface area contributed by atoms with Crippen molar-refractivity contribution < 1.29 is 26.4 Å². The van der Waals surface area contributed by atoms with E-state index in [0.717, 1.165) is 6.07 Å². The van der Waals surface area contributed by atoms with Crippen molar-refractivity contribution in [2.45, 2.75) is 11.1 Å². The second-order valence-electron chi connectivity index (χ2n) is 5.57. The molecule has 0 aliphatic carbocycles. The molecule has 2 N–H and O–H groups in total. The number of nitrogens with zero attached hydrogens (tertiary/aromatic N) is 2. The van der Waals surface area contributed by atoms with Gasteiger partial charge in [0.15, 0.2) is 5.69 Å². The summed E-state index contributed by atoms with van der Waals surface area (Å²) in [6, 6.07) is 13.7. The van der Waals surface area contributed by atoms with Crippen LogP contribution in [0.5, 0.6) is 0 Å². The first-order valence-electron chi connectivity index (χ1n) is 7.76. The van der Waals surface area contributed by atoms with Crippen molar-refractivity contribution in [1.29, 1.82) is 0 Å². The molecular weight excluding hydrogens is 397 g/mol. The first-order chi connectivity index (χ1) is 13.2. The zero-order valence-electron chi connectivity index (χ0n) is 14.0. The fourth-order valence-electron chi connectivity index (χ4n) is 2.37. The summed E-state index contributed by atoms with van der Waals surface area (Å²) in [4.78, 5) is 12.9. The fourth-order valence-corrected chi connectivity index (χ4v) is 3.35. The number of hydrogen-bond acceptors (Lipinski definition) is 4. The number of carbonyl (C=O) groups excluding carboxylic acids is 1. The van der Waals surface area contributed by atoms with Crippen LogP contribution >= 0.6 is 0 Å². The average Bonchev–Trinajstić information content (AvgIpc) is 3.07. The number of benzene rings is 2. The zero-order chi connectivity index (χ0) is 20.4. The SMILES string of the molecule is O=CNc1ccc(-c2cc(C(F)(F)F)nn2NS(=O)(=O)c2ccccc2)cc1. The van der Waals surface area contributed by atoms with Gasteiger partial charge in [0.25, 0.3) is 10.0 Å². The number of sulfonamides is 1. The molecule has 0 atom stereocenters. The Labute approximate surface area is 157 Å². The van der Waals surface area contributed by atoms with Crippen LogP contribution in [-0.2, 0) is 21.0 Å². The summed E-state index contributed by atoms with van der Waals surface area (Å²) in [7, 11) is -4.17.